The molecule has 6 nitrogen and oxygen atoms in total. The molecule has 0 bridgehead atoms. The highest BCUT2D eigenvalue weighted by Gasteiger charge is 2.18. The van der Waals surface area contributed by atoms with Crippen molar-refractivity contribution in [2.75, 3.05) is 13.1 Å². The Hall–Kier alpha value is -2.34. The van der Waals surface area contributed by atoms with Gasteiger partial charge in [-0.3, -0.25) is 9.58 Å². The van der Waals surface area contributed by atoms with Crippen LogP contribution in [-0.4, -0.2) is 37.3 Å². The van der Waals surface area contributed by atoms with Crippen molar-refractivity contribution in [1.29, 1.82) is 0 Å². The minimum atomic E-state index is 0.775. The third kappa shape index (κ3) is 3.07. The molecular formula is C17H21N5O. The van der Waals surface area contributed by atoms with Crippen molar-refractivity contribution < 1.29 is 4.42 Å². The molecule has 0 N–H and O–H groups in total. The highest BCUT2D eigenvalue weighted by Crippen LogP contribution is 2.15. The van der Waals surface area contributed by atoms with Crippen LogP contribution in [0.3, 0.4) is 0 Å². The summed E-state index contributed by atoms with van der Waals surface area (Å²) in [5.41, 5.74) is 1.22. The van der Waals surface area contributed by atoms with E-state index in [1.807, 2.05) is 42.3 Å². The zero-order chi connectivity index (χ0) is 15.6. The van der Waals surface area contributed by atoms with Crippen molar-refractivity contribution >= 4 is 0 Å². The van der Waals surface area contributed by atoms with Crippen molar-refractivity contribution in [1.82, 2.24) is 24.2 Å². The molecular weight excluding hydrogens is 290 g/mol. The second kappa shape index (κ2) is 6.04. The smallest absolute Gasteiger partial charge is 0.118 e. The Morgan fingerprint density at radius 3 is 2.91 bits per heavy atom. The van der Waals surface area contributed by atoms with Crippen LogP contribution < -0.4 is 0 Å². The van der Waals surface area contributed by atoms with Gasteiger partial charge >= 0.3 is 0 Å². The van der Waals surface area contributed by atoms with E-state index in [1.54, 1.807) is 0 Å². The maximum absolute atomic E-state index is 5.70. The minimum Gasteiger partial charge on any atom is -0.465 e. The molecule has 3 aromatic rings. The lowest BCUT2D eigenvalue weighted by Crippen LogP contribution is -2.26. The lowest BCUT2D eigenvalue weighted by Gasteiger charge is -2.18. The Morgan fingerprint density at radius 2 is 2.13 bits per heavy atom. The number of aromatic nitrogens is 4. The second-order valence-corrected chi connectivity index (χ2v) is 6.06. The molecule has 0 fully saturated rings. The average Bonchev–Trinajstić information content (AvgIpc) is 3.24. The van der Waals surface area contributed by atoms with Gasteiger partial charge in [-0.15, -0.1) is 0 Å². The summed E-state index contributed by atoms with van der Waals surface area (Å²) in [6.07, 6.45) is 6.76. The summed E-state index contributed by atoms with van der Waals surface area (Å²) < 4.78 is 9.99. The minimum absolute atomic E-state index is 0.775. The number of furan rings is 1. The van der Waals surface area contributed by atoms with Crippen molar-refractivity contribution in [3.05, 3.63) is 59.8 Å². The lowest BCUT2D eigenvalue weighted by atomic mass is 10.3. The summed E-state index contributed by atoms with van der Waals surface area (Å²) >= 11 is 0. The first kappa shape index (κ1) is 14.3. The molecule has 1 aliphatic heterocycles. The molecule has 0 saturated carbocycles. The molecule has 120 valence electrons. The van der Waals surface area contributed by atoms with Crippen molar-refractivity contribution in [2.45, 2.75) is 33.0 Å². The number of fused-ring (bicyclic) bond motifs is 1. The van der Waals surface area contributed by atoms with Gasteiger partial charge in [-0.2, -0.15) is 5.10 Å². The summed E-state index contributed by atoms with van der Waals surface area (Å²) in [5.74, 6) is 3.19. The maximum Gasteiger partial charge on any atom is 0.118 e. The van der Waals surface area contributed by atoms with Gasteiger partial charge in [-0.05, 0) is 25.1 Å². The number of aryl methyl sites for hydroxylation is 1. The molecule has 0 saturated heterocycles. The van der Waals surface area contributed by atoms with E-state index in [0.717, 1.165) is 50.7 Å². The predicted octanol–water partition coefficient (Wildman–Crippen LogP) is 2.09. The van der Waals surface area contributed by atoms with Gasteiger partial charge in [0.25, 0.3) is 0 Å². The van der Waals surface area contributed by atoms with Gasteiger partial charge in [0.15, 0.2) is 0 Å². The summed E-state index contributed by atoms with van der Waals surface area (Å²) in [7, 11) is 0. The van der Waals surface area contributed by atoms with E-state index in [4.69, 9.17) is 4.42 Å². The topological polar surface area (TPSA) is 52.0 Å². The summed E-state index contributed by atoms with van der Waals surface area (Å²) in [4.78, 5) is 7.05. The number of hydrogen-bond donors (Lipinski definition) is 0. The molecule has 0 spiro atoms. The van der Waals surface area contributed by atoms with E-state index in [-0.39, 0.29) is 0 Å². The summed E-state index contributed by atoms with van der Waals surface area (Å²) in [5, 5.41) is 4.29. The molecule has 0 unspecified atom stereocenters. The Kier molecular flexibility index (Phi) is 3.75. The third-order valence-corrected chi connectivity index (χ3v) is 4.37. The van der Waals surface area contributed by atoms with Crippen LogP contribution in [-0.2, 0) is 26.1 Å². The molecule has 0 radical (unpaired) electrons. The fourth-order valence-corrected chi connectivity index (χ4v) is 3.17. The zero-order valence-electron chi connectivity index (χ0n) is 13.4. The van der Waals surface area contributed by atoms with E-state index < -0.39 is 0 Å². The maximum atomic E-state index is 5.70. The molecule has 4 rings (SSSR count). The Labute approximate surface area is 135 Å². The molecule has 0 aromatic carbocycles. The van der Waals surface area contributed by atoms with Crippen LogP contribution in [0.2, 0.25) is 0 Å². The Bertz CT molecular complexity index is 771. The fourth-order valence-electron chi connectivity index (χ4n) is 3.17. The van der Waals surface area contributed by atoms with Gasteiger partial charge in [0.1, 0.15) is 17.3 Å². The van der Waals surface area contributed by atoms with Crippen molar-refractivity contribution in [3.8, 4) is 0 Å². The van der Waals surface area contributed by atoms with Gasteiger partial charge in [-0.1, -0.05) is 0 Å². The Morgan fingerprint density at radius 1 is 1.17 bits per heavy atom. The molecule has 1 aliphatic rings. The molecule has 0 aliphatic carbocycles. The number of nitrogens with zero attached hydrogens (tertiary/aromatic N) is 5. The van der Waals surface area contributed by atoms with Crippen molar-refractivity contribution in [2.24, 2.45) is 0 Å². The Balaban J connectivity index is 1.45. The van der Waals surface area contributed by atoms with E-state index in [2.05, 4.69) is 25.6 Å². The van der Waals surface area contributed by atoms with Crippen LogP contribution in [0.4, 0.5) is 0 Å². The summed E-state index contributed by atoms with van der Waals surface area (Å²) in [6, 6.07) is 6.05. The molecule has 6 heteroatoms. The number of hydrogen-bond acceptors (Lipinski definition) is 4. The number of rotatable bonds is 4. The molecule has 0 atom stereocenters. The second-order valence-electron chi connectivity index (χ2n) is 6.06. The average molecular weight is 311 g/mol. The molecule has 23 heavy (non-hydrogen) atoms. The quantitative estimate of drug-likeness (QED) is 0.740. The van der Waals surface area contributed by atoms with E-state index in [1.165, 1.54) is 11.5 Å². The zero-order valence-corrected chi connectivity index (χ0v) is 13.4. The van der Waals surface area contributed by atoms with Gasteiger partial charge in [0.05, 0.1) is 25.0 Å². The molecule has 3 aromatic heterocycles. The van der Waals surface area contributed by atoms with Gasteiger partial charge < -0.3 is 8.98 Å². The van der Waals surface area contributed by atoms with Crippen LogP contribution >= 0.6 is 0 Å². The van der Waals surface area contributed by atoms with Crippen LogP contribution in [0.25, 0.3) is 0 Å². The van der Waals surface area contributed by atoms with Crippen LogP contribution in [0.15, 0.2) is 41.2 Å². The fraction of sp³-hybridized carbons (Fsp3) is 0.412. The summed E-state index contributed by atoms with van der Waals surface area (Å²) in [6.45, 7) is 6.62. The normalized spacial score (nSPS) is 15.5. The van der Waals surface area contributed by atoms with E-state index >= 15 is 0 Å². The number of imidazole rings is 1. The standard InChI is InChI=1S/C17H21N5O/c1-14-3-4-16(23-14)13-20-8-5-17-18-11-15(22(17)10-9-20)12-21-7-2-6-19-21/h2-4,6-7,11H,5,8-10,12-13H2,1H3. The third-order valence-electron chi connectivity index (χ3n) is 4.37. The van der Waals surface area contributed by atoms with Gasteiger partial charge in [0, 0.05) is 38.4 Å². The van der Waals surface area contributed by atoms with Gasteiger partial charge in [-0.25, -0.2) is 4.98 Å². The predicted molar refractivity (Wildman–Crippen MR) is 86.0 cm³/mol. The molecule has 0 amide bonds. The highest BCUT2D eigenvalue weighted by atomic mass is 16.3. The first-order chi connectivity index (χ1) is 11.3. The lowest BCUT2D eigenvalue weighted by molar-refractivity contribution is 0.246. The van der Waals surface area contributed by atoms with E-state index in [0.29, 0.717) is 0 Å². The van der Waals surface area contributed by atoms with E-state index in [9.17, 15) is 0 Å². The van der Waals surface area contributed by atoms with Crippen LogP contribution in [0.1, 0.15) is 23.0 Å². The van der Waals surface area contributed by atoms with Gasteiger partial charge in [0.2, 0.25) is 0 Å². The first-order valence-corrected chi connectivity index (χ1v) is 8.06. The first-order valence-electron chi connectivity index (χ1n) is 8.06. The largest absolute Gasteiger partial charge is 0.465 e. The van der Waals surface area contributed by atoms with Crippen molar-refractivity contribution in [3.63, 3.8) is 0 Å². The van der Waals surface area contributed by atoms with Crippen LogP contribution in [0.5, 0.6) is 0 Å². The SMILES string of the molecule is Cc1ccc(CN2CCc3ncc(Cn4cccn4)n3CC2)o1. The van der Waals surface area contributed by atoms with Crippen LogP contribution in [0, 0.1) is 6.92 Å². The molecule has 4 heterocycles. The monoisotopic (exact) mass is 311 g/mol. The highest BCUT2D eigenvalue weighted by molar-refractivity contribution is 5.09.